The molecule has 2 heterocycles. The van der Waals surface area contributed by atoms with Crippen molar-refractivity contribution in [3.8, 4) is 5.75 Å². The number of aliphatic hydroxyl groups excluding tert-OH is 1. The molecule has 2 aromatic carbocycles. The van der Waals surface area contributed by atoms with E-state index in [9.17, 15) is 19.5 Å². The number of benzene rings is 2. The summed E-state index contributed by atoms with van der Waals surface area (Å²) in [5, 5.41) is 11.4. The van der Waals surface area contributed by atoms with Gasteiger partial charge in [0.15, 0.2) is 0 Å². The molecule has 0 spiro atoms. The number of esters is 1. The minimum atomic E-state index is -0.903. The molecule has 8 heteroatoms. The Morgan fingerprint density at radius 3 is 2.50 bits per heavy atom. The molecule has 4 rings (SSSR count). The lowest BCUT2D eigenvalue weighted by Crippen LogP contribution is -2.29. The molecule has 0 saturated carbocycles. The number of Topliss-reactive ketones (excluding diaryl/α,β-unsaturated/α-hetero) is 1. The van der Waals surface area contributed by atoms with Crippen molar-refractivity contribution in [2.24, 2.45) is 5.92 Å². The second-order valence-electron chi connectivity index (χ2n) is 9.34. The molecule has 1 fully saturated rings. The van der Waals surface area contributed by atoms with Gasteiger partial charge in [0.1, 0.15) is 11.5 Å². The zero-order chi connectivity index (χ0) is 27.2. The van der Waals surface area contributed by atoms with Gasteiger partial charge in [-0.1, -0.05) is 44.2 Å². The predicted molar refractivity (Wildman–Crippen MR) is 143 cm³/mol. The van der Waals surface area contributed by atoms with E-state index in [4.69, 9.17) is 9.47 Å². The highest BCUT2D eigenvalue weighted by Gasteiger charge is 2.47. The van der Waals surface area contributed by atoms with E-state index in [2.05, 4.69) is 4.98 Å². The molecule has 0 bridgehead atoms. The van der Waals surface area contributed by atoms with E-state index in [-0.39, 0.29) is 23.7 Å². The number of aliphatic hydroxyl groups is 1. The van der Waals surface area contributed by atoms with Gasteiger partial charge in [-0.2, -0.15) is 0 Å². The fourth-order valence-electron chi connectivity index (χ4n) is 4.26. The third kappa shape index (κ3) is 5.75. The predicted octanol–water partition coefficient (Wildman–Crippen LogP) is 4.85. The quantitative estimate of drug-likeness (QED) is 0.188. The van der Waals surface area contributed by atoms with Crippen LogP contribution in [-0.4, -0.2) is 41.0 Å². The van der Waals surface area contributed by atoms with Crippen LogP contribution in [0, 0.1) is 5.92 Å². The summed E-state index contributed by atoms with van der Waals surface area (Å²) in [6, 6.07) is 16.1. The summed E-state index contributed by atoms with van der Waals surface area (Å²) in [7, 11) is 0. The van der Waals surface area contributed by atoms with Gasteiger partial charge in [0, 0.05) is 23.6 Å². The molecule has 3 aromatic rings. The maximum absolute atomic E-state index is 13.3. The van der Waals surface area contributed by atoms with Crippen LogP contribution in [0.2, 0.25) is 0 Å². The number of ketones is 1. The molecule has 0 radical (unpaired) electrons. The first-order valence-corrected chi connectivity index (χ1v) is 12.5. The SMILES string of the molecule is CCOC(=O)Cc1ccc(N2C(=O)C(=O)/C(=C(\O)c3cccc(OCC(C)C)c3)C2c2cccnc2)cc1. The van der Waals surface area contributed by atoms with Crippen molar-refractivity contribution in [2.75, 3.05) is 18.1 Å². The highest BCUT2D eigenvalue weighted by Crippen LogP contribution is 2.42. The summed E-state index contributed by atoms with van der Waals surface area (Å²) in [5.74, 6) is -1.37. The molecule has 1 unspecified atom stereocenters. The largest absolute Gasteiger partial charge is 0.507 e. The van der Waals surface area contributed by atoms with Crippen molar-refractivity contribution >= 4 is 29.1 Å². The van der Waals surface area contributed by atoms with Crippen molar-refractivity contribution in [2.45, 2.75) is 33.2 Å². The molecular weight excluding hydrogens is 484 g/mol. The van der Waals surface area contributed by atoms with E-state index in [1.807, 2.05) is 13.8 Å². The third-order valence-electron chi connectivity index (χ3n) is 6.00. The Morgan fingerprint density at radius 2 is 1.84 bits per heavy atom. The lowest BCUT2D eigenvalue weighted by molar-refractivity contribution is -0.142. The van der Waals surface area contributed by atoms with Crippen molar-refractivity contribution in [1.82, 2.24) is 4.98 Å². The van der Waals surface area contributed by atoms with Crippen molar-refractivity contribution in [3.63, 3.8) is 0 Å². The Kier molecular flexibility index (Phi) is 8.21. The molecule has 1 saturated heterocycles. The molecule has 1 aliphatic rings. The van der Waals surface area contributed by atoms with Gasteiger partial charge < -0.3 is 14.6 Å². The maximum atomic E-state index is 13.3. The summed E-state index contributed by atoms with van der Waals surface area (Å²) >= 11 is 0. The number of hydrogen-bond acceptors (Lipinski definition) is 7. The van der Waals surface area contributed by atoms with Gasteiger partial charge in [-0.05, 0) is 54.3 Å². The minimum absolute atomic E-state index is 0.0420. The summed E-state index contributed by atoms with van der Waals surface area (Å²) in [6.07, 6.45) is 3.25. The Hall–Kier alpha value is -4.46. The van der Waals surface area contributed by atoms with E-state index in [0.717, 1.165) is 0 Å². The highest BCUT2D eigenvalue weighted by molar-refractivity contribution is 6.51. The Balaban J connectivity index is 1.76. The number of amides is 1. The molecule has 38 heavy (non-hydrogen) atoms. The monoisotopic (exact) mass is 514 g/mol. The van der Waals surface area contributed by atoms with Gasteiger partial charge in [0.05, 0.1) is 31.2 Å². The molecule has 196 valence electrons. The Morgan fingerprint density at radius 1 is 1.08 bits per heavy atom. The van der Waals surface area contributed by atoms with Crippen molar-refractivity contribution in [1.29, 1.82) is 0 Å². The number of carbonyl (C=O) groups excluding carboxylic acids is 3. The molecule has 1 N–H and O–H groups in total. The normalized spacial score (nSPS) is 16.6. The minimum Gasteiger partial charge on any atom is -0.507 e. The number of hydrogen-bond donors (Lipinski definition) is 1. The van der Waals surface area contributed by atoms with Gasteiger partial charge in [-0.3, -0.25) is 24.3 Å². The smallest absolute Gasteiger partial charge is 0.310 e. The summed E-state index contributed by atoms with van der Waals surface area (Å²) in [4.78, 5) is 44.1. The van der Waals surface area contributed by atoms with Crippen molar-refractivity contribution in [3.05, 3.63) is 95.3 Å². The first-order chi connectivity index (χ1) is 18.3. The number of anilines is 1. The van der Waals surface area contributed by atoms with Crippen LogP contribution in [0.4, 0.5) is 5.69 Å². The van der Waals surface area contributed by atoms with Crippen LogP contribution in [0.3, 0.4) is 0 Å². The molecule has 1 amide bonds. The second-order valence-corrected chi connectivity index (χ2v) is 9.34. The van der Waals surface area contributed by atoms with Crippen LogP contribution in [0.1, 0.15) is 43.5 Å². The van der Waals surface area contributed by atoms with Crippen molar-refractivity contribution < 1.29 is 29.0 Å². The zero-order valence-electron chi connectivity index (χ0n) is 21.6. The fourth-order valence-corrected chi connectivity index (χ4v) is 4.26. The Labute approximate surface area is 221 Å². The molecular formula is C30H30N2O6. The zero-order valence-corrected chi connectivity index (χ0v) is 21.6. The molecule has 1 aliphatic heterocycles. The first-order valence-electron chi connectivity index (χ1n) is 12.5. The Bertz CT molecular complexity index is 1350. The topological polar surface area (TPSA) is 106 Å². The average molecular weight is 515 g/mol. The van der Waals surface area contributed by atoms with E-state index in [1.165, 1.54) is 4.90 Å². The standard InChI is InChI=1S/C30H30N2O6/c1-4-37-25(33)15-20-10-12-23(13-11-20)32-27(22-8-6-14-31-17-22)26(29(35)30(32)36)28(34)21-7-5-9-24(16-21)38-18-19(2)3/h5-14,16-17,19,27,34H,4,15,18H2,1-3H3/b28-26-. The number of aromatic nitrogens is 1. The number of pyridine rings is 1. The third-order valence-corrected chi connectivity index (χ3v) is 6.00. The lowest BCUT2D eigenvalue weighted by Gasteiger charge is -2.25. The number of rotatable bonds is 9. The second kappa shape index (κ2) is 11.7. The number of nitrogens with zero attached hydrogens (tertiary/aromatic N) is 2. The average Bonchev–Trinajstić information content (AvgIpc) is 3.18. The van der Waals surface area contributed by atoms with E-state index in [1.54, 1.807) is 80.0 Å². The van der Waals surface area contributed by atoms with E-state index >= 15 is 0 Å². The van der Waals surface area contributed by atoms with Crippen LogP contribution < -0.4 is 9.64 Å². The van der Waals surface area contributed by atoms with Crippen LogP contribution in [0.25, 0.3) is 5.76 Å². The van der Waals surface area contributed by atoms with Crippen LogP contribution in [0.5, 0.6) is 5.75 Å². The van der Waals surface area contributed by atoms with E-state index < -0.39 is 17.7 Å². The molecule has 0 aliphatic carbocycles. The highest BCUT2D eigenvalue weighted by atomic mass is 16.5. The number of ether oxygens (including phenoxy) is 2. The molecule has 8 nitrogen and oxygen atoms in total. The maximum Gasteiger partial charge on any atom is 0.310 e. The van der Waals surface area contributed by atoms with Crippen LogP contribution in [0.15, 0.2) is 78.6 Å². The van der Waals surface area contributed by atoms with Gasteiger partial charge in [0.2, 0.25) is 0 Å². The van der Waals surface area contributed by atoms with Crippen LogP contribution in [-0.2, 0) is 25.5 Å². The van der Waals surface area contributed by atoms with Gasteiger partial charge >= 0.3 is 5.97 Å². The molecule has 1 atom stereocenters. The fraction of sp³-hybridized carbons (Fsp3) is 0.267. The van der Waals surface area contributed by atoms with Gasteiger partial charge in [0.25, 0.3) is 11.7 Å². The lowest BCUT2D eigenvalue weighted by atomic mass is 9.96. The number of carbonyl (C=O) groups is 3. The first kappa shape index (κ1) is 26.6. The van der Waals surface area contributed by atoms with Gasteiger partial charge in [-0.15, -0.1) is 0 Å². The summed E-state index contributed by atoms with van der Waals surface area (Å²) < 4.78 is 10.8. The molecule has 1 aromatic heterocycles. The summed E-state index contributed by atoms with van der Waals surface area (Å²) in [5.41, 5.74) is 2.04. The van der Waals surface area contributed by atoms with E-state index in [0.29, 0.717) is 47.3 Å². The van der Waals surface area contributed by atoms with Gasteiger partial charge in [-0.25, -0.2) is 0 Å². The summed E-state index contributed by atoms with van der Waals surface area (Å²) in [6.45, 7) is 6.59. The van der Waals surface area contributed by atoms with Crippen LogP contribution >= 0.6 is 0 Å².